The van der Waals surface area contributed by atoms with E-state index >= 15 is 0 Å². The normalized spacial score (nSPS) is 20.6. The average Bonchev–Trinajstić information content (AvgIpc) is 2.84. The summed E-state index contributed by atoms with van der Waals surface area (Å²) in [4.78, 5) is 14.1. The first-order chi connectivity index (χ1) is 16.6. The summed E-state index contributed by atoms with van der Waals surface area (Å²) in [5.74, 6) is 0.00788. The van der Waals surface area contributed by atoms with Gasteiger partial charge in [0, 0.05) is 32.1 Å². The molecule has 0 radical (unpaired) electrons. The molecule has 0 aromatic heterocycles. The Labute approximate surface area is 208 Å². The molecule has 0 fully saturated rings. The predicted molar refractivity (Wildman–Crippen MR) is 137 cm³/mol. The number of benzene rings is 2. The van der Waals surface area contributed by atoms with Crippen LogP contribution in [-0.2, 0) is 10.0 Å². The van der Waals surface area contributed by atoms with E-state index in [-0.39, 0.29) is 42.3 Å². The minimum Gasteiger partial charge on any atom is -0.487 e. The number of carbonyl (C=O) groups excluding carboxylic acids is 1. The van der Waals surface area contributed by atoms with E-state index in [0.717, 1.165) is 23.1 Å². The summed E-state index contributed by atoms with van der Waals surface area (Å²) in [6.07, 6.45) is 0.375. The van der Waals surface area contributed by atoms with Gasteiger partial charge < -0.3 is 20.1 Å². The summed E-state index contributed by atoms with van der Waals surface area (Å²) in [5, 5.41) is 12.7. The smallest absolute Gasteiger partial charge is 0.317 e. The fourth-order valence-corrected chi connectivity index (χ4v) is 5.91. The van der Waals surface area contributed by atoms with Gasteiger partial charge in [0.25, 0.3) is 0 Å². The molecule has 0 spiro atoms. The van der Waals surface area contributed by atoms with Crippen molar-refractivity contribution in [1.82, 2.24) is 14.5 Å². The van der Waals surface area contributed by atoms with Crippen LogP contribution >= 0.6 is 0 Å². The van der Waals surface area contributed by atoms with Gasteiger partial charge in [-0.25, -0.2) is 13.2 Å². The van der Waals surface area contributed by atoms with Gasteiger partial charge in [-0.3, -0.25) is 0 Å². The molecule has 3 rings (SSSR count). The number of likely N-dealkylation sites (N-methyl/N-ethyl adjacent to an activating group) is 1. The van der Waals surface area contributed by atoms with Crippen LogP contribution in [0, 0.1) is 12.8 Å². The third-order valence-electron chi connectivity index (χ3n) is 6.38. The second-order valence-corrected chi connectivity index (χ2v) is 11.2. The number of hydrogen-bond acceptors (Lipinski definition) is 5. The molecule has 9 heteroatoms. The quantitative estimate of drug-likeness (QED) is 0.603. The molecule has 2 amide bonds. The Morgan fingerprint density at radius 1 is 1.23 bits per heavy atom. The maximum absolute atomic E-state index is 13.6. The first-order valence-electron chi connectivity index (χ1n) is 12.1. The van der Waals surface area contributed by atoms with Crippen LogP contribution in [0.3, 0.4) is 0 Å². The summed E-state index contributed by atoms with van der Waals surface area (Å²) in [6, 6.07) is 12.3. The molecular formula is C26H37N3O5S. The lowest BCUT2D eigenvalue weighted by Gasteiger charge is -2.37. The number of carbonyl (C=O) groups is 1. The van der Waals surface area contributed by atoms with Gasteiger partial charge in [-0.15, -0.1) is 0 Å². The van der Waals surface area contributed by atoms with Gasteiger partial charge in [0.05, 0.1) is 13.2 Å². The van der Waals surface area contributed by atoms with Crippen molar-refractivity contribution < 1.29 is 23.1 Å². The van der Waals surface area contributed by atoms with Gasteiger partial charge in [-0.05, 0) is 43.5 Å². The summed E-state index contributed by atoms with van der Waals surface area (Å²) < 4.78 is 35.0. The molecule has 0 unspecified atom stereocenters. The van der Waals surface area contributed by atoms with Crippen LogP contribution in [0.2, 0.25) is 0 Å². The number of sulfonamides is 1. The second kappa shape index (κ2) is 11.4. The molecule has 0 aliphatic carbocycles. The highest BCUT2D eigenvalue weighted by Crippen LogP contribution is 2.36. The number of aryl methyl sites for hydroxylation is 1. The molecule has 1 aliphatic rings. The van der Waals surface area contributed by atoms with Crippen molar-refractivity contribution in [3.63, 3.8) is 0 Å². The van der Waals surface area contributed by atoms with Crippen LogP contribution in [0.1, 0.15) is 32.8 Å². The van der Waals surface area contributed by atoms with Gasteiger partial charge in [0.2, 0.25) is 10.0 Å². The largest absolute Gasteiger partial charge is 0.487 e. The zero-order chi connectivity index (χ0) is 25.8. The van der Waals surface area contributed by atoms with E-state index in [0.29, 0.717) is 6.54 Å². The van der Waals surface area contributed by atoms with E-state index < -0.39 is 22.2 Å². The molecule has 8 nitrogen and oxygen atoms in total. The van der Waals surface area contributed by atoms with Crippen molar-refractivity contribution in [1.29, 1.82) is 0 Å². The number of rotatable bonds is 7. The molecule has 3 atom stereocenters. The van der Waals surface area contributed by atoms with Gasteiger partial charge in [0.15, 0.2) is 0 Å². The predicted octanol–water partition coefficient (Wildman–Crippen LogP) is 3.48. The third-order valence-corrected chi connectivity index (χ3v) is 8.40. The summed E-state index contributed by atoms with van der Waals surface area (Å²) in [5.41, 5.74) is 2.91. The number of ether oxygens (including phenoxy) is 1. The molecule has 0 saturated heterocycles. The third kappa shape index (κ3) is 6.15. The summed E-state index contributed by atoms with van der Waals surface area (Å²) in [6.45, 7) is 8.32. The van der Waals surface area contributed by atoms with Crippen LogP contribution in [0.25, 0.3) is 11.1 Å². The number of nitrogens with one attached hydrogen (secondary N) is 1. The van der Waals surface area contributed by atoms with Crippen LogP contribution in [0.4, 0.5) is 4.79 Å². The Bertz CT molecular complexity index is 1120. The first-order valence-corrected chi connectivity index (χ1v) is 13.5. The SMILES string of the molecule is CCCNC(=O)N(C)C[C@H]1Oc2cc(-c3ccc(C)cc3)ccc2S(=O)(=O)N([C@H](C)CO)C[C@H]1C. The first kappa shape index (κ1) is 27.0. The Kier molecular flexibility index (Phi) is 8.79. The maximum Gasteiger partial charge on any atom is 0.317 e. The fourth-order valence-electron chi connectivity index (χ4n) is 4.09. The van der Waals surface area contributed by atoms with E-state index in [1.165, 1.54) is 4.31 Å². The number of fused-ring (bicyclic) bond motifs is 1. The van der Waals surface area contributed by atoms with Gasteiger partial charge >= 0.3 is 6.03 Å². The molecule has 0 bridgehead atoms. The number of nitrogens with zero attached hydrogens (tertiary/aromatic N) is 2. The Balaban J connectivity index is 2.05. The Hall–Kier alpha value is -2.62. The molecule has 1 heterocycles. The van der Waals surface area contributed by atoms with E-state index in [9.17, 15) is 18.3 Å². The fraction of sp³-hybridized carbons (Fsp3) is 0.500. The van der Waals surface area contributed by atoms with Gasteiger partial charge in [0.1, 0.15) is 16.7 Å². The lowest BCUT2D eigenvalue weighted by molar-refractivity contribution is 0.0813. The van der Waals surface area contributed by atoms with Crippen molar-refractivity contribution >= 4 is 16.1 Å². The van der Waals surface area contributed by atoms with E-state index in [4.69, 9.17) is 4.74 Å². The number of amides is 2. The van der Waals surface area contributed by atoms with Crippen molar-refractivity contribution in [3.8, 4) is 16.9 Å². The lowest BCUT2D eigenvalue weighted by atomic mass is 10.0. The van der Waals surface area contributed by atoms with Crippen LogP contribution in [0.15, 0.2) is 47.4 Å². The van der Waals surface area contributed by atoms with Crippen molar-refractivity contribution in [2.75, 3.05) is 33.3 Å². The van der Waals surface area contributed by atoms with Crippen LogP contribution < -0.4 is 10.1 Å². The average molecular weight is 504 g/mol. The molecule has 35 heavy (non-hydrogen) atoms. The molecule has 192 valence electrons. The summed E-state index contributed by atoms with van der Waals surface area (Å²) in [7, 11) is -2.21. The molecule has 1 aliphatic heterocycles. The highest BCUT2D eigenvalue weighted by molar-refractivity contribution is 7.89. The maximum atomic E-state index is 13.6. The van der Waals surface area contributed by atoms with Gasteiger partial charge in [-0.1, -0.05) is 49.7 Å². The minimum absolute atomic E-state index is 0.0589. The van der Waals surface area contributed by atoms with E-state index in [1.54, 1.807) is 37.1 Å². The zero-order valence-electron chi connectivity index (χ0n) is 21.2. The van der Waals surface area contributed by atoms with Crippen molar-refractivity contribution in [3.05, 3.63) is 48.0 Å². The second-order valence-electron chi connectivity index (χ2n) is 9.38. The standard InChI is InChI=1S/C26H37N3O5S/c1-6-13-27-26(31)28(5)16-24-19(3)15-29(20(4)17-30)35(32,33)25-12-11-22(14-23(25)34-24)21-9-7-18(2)8-10-21/h7-12,14,19-20,24,30H,6,13,15-17H2,1-5H3,(H,27,31)/t19-,20-,24-/m1/s1. The molecule has 2 aromatic carbocycles. The summed E-state index contributed by atoms with van der Waals surface area (Å²) >= 11 is 0. The van der Waals surface area contributed by atoms with Crippen LogP contribution in [-0.4, -0.2) is 74.2 Å². The Morgan fingerprint density at radius 3 is 2.51 bits per heavy atom. The number of aliphatic hydroxyl groups is 1. The minimum atomic E-state index is -3.92. The highest BCUT2D eigenvalue weighted by atomic mass is 32.2. The lowest BCUT2D eigenvalue weighted by Crippen LogP contribution is -2.51. The highest BCUT2D eigenvalue weighted by Gasteiger charge is 2.38. The van der Waals surface area contributed by atoms with E-state index in [2.05, 4.69) is 5.32 Å². The van der Waals surface area contributed by atoms with E-state index in [1.807, 2.05) is 45.0 Å². The van der Waals surface area contributed by atoms with Crippen LogP contribution in [0.5, 0.6) is 5.75 Å². The topological polar surface area (TPSA) is 99.2 Å². The Morgan fingerprint density at radius 2 is 1.89 bits per heavy atom. The van der Waals surface area contributed by atoms with Crippen molar-refractivity contribution in [2.45, 2.75) is 51.2 Å². The van der Waals surface area contributed by atoms with Crippen molar-refractivity contribution in [2.24, 2.45) is 5.92 Å². The number of hydrogen-bond donors (Lipinski definition) is 2. The molecular weight excluding hydrogens is 466 g/mol. The zero-order valence-corrected chi connectivity index (χ0v) is 22.0. The molecule has 2 aromatic rings. The number of aliphatic hydroxyl groups excluding tert-OH is 1. The monoisotopic (exact) mass is 503 g/mol. The molecule has 2 N–H and O–H groups in total. The molecule has 0 saturated carbocycles. The van der Waals surface area contributed by atoms with Gasteiger partial charge in [-0.2, -0.15) is 4.31 Å². The number of urea groups is 1.